The highest BCUT2D eigenvalue weighted by atomic mass is 32.2. The molecule has 1 unspecified atom stereocenters. The molecule has 0 fully saturated rings. The molecule has 144 valence electrons. The first-order chi connectivity index (χ1) is 13.0. The minimum absolute atomic E-state index is 0.0128. The van der Waals surface area contributed by atoms with Crippen molar-refractivity contribution in [2.75, 3.05) is 15.8 Å². The second-order valence-corrected chi connectivity index (χ2v) is 8.59. The molecule has 2 aromatic carbocycles. The number of carbonyl (C=O) groups is 1. The van der Waals surface area contributed by atoms with Gasteiger partial charge in [-0.05, 0) is 55.0 Å². The summed E-state index contributed by atoms with van der Waals surface area (Å²) >= 11 is 0. The van der Waals surface area contributed by atoms with E-state index >= 15 is 0 Å². The molecule has 2 aromatic rings. The molecule has 1 aliphatic carbocycles. The minimum atomic E-state index is -3.36. The fraction of sp³-hybridized carbons (Fsp3) is 0.350. The van der Waals surface area contributed by atoms with Crippen LogP contribution in [0.4, 0.5) is 16.2 Å². The quantitative estimate of drug-likeness (QED) is 0.699. The number of anilines is 2. The van der Waals surface area contributed by atoms with E-state index in [9.17, 15) is 13.2 Å². The van der Waals surface area contributed by atoms with Crippen molar-refractivity contribution in [1.82, 2.24) is 5.32 Å². The number of hydrogen-bond donors (Lipinski definition) is 3. The lowest BCUT2D eigenvalue weighted by Crippen LogP contribution is -2.34. The van der Waals surface area contributed by atoms with Gasteiger partial charge in [-0.25, -0.2) is 13.2 Å². The van der Waals surface area contributed by atoms with Crippen molar-refractivity contribution >= 4 is 27.4 Å². The van der Waals surface area contributed by atoms with Crippen LogP contribution in [-0.2, 0) is 16.4 Å². The lowest BCUT2D eigenvalue weighted by molar-refractivity contribution is 0.247. The summed E-state index contributed by atoms with van der Waals surface area (Å²) in [7, 11) is -3.36. The molecule has 0 saturated heterocycles. The van der Waals surface area contributed by atoms with Crippen molar-refractivity contribution < 1.29 is 13.2 Å². The van der Waals surface area contributed by atoms with Gasteiger partial charge in [0.15, 0.2) is 0 Å². The summed E-state index contributed by atoms with van der Waals surface area (Å²) < 4.78 is 26.3. The molecule has 0 radical (unpaired) electrons. The predicted molar refractivity (Wildman–Crippen MR) is 108 cm³/mol. The Kier molecular flexibility index (Phi) is 6.01. The third-order valence-corrected chi connectivity index (χ3v) is 6.03. The fourth-order valence-corrected chi connectivity index (χ4v) is 4.51. The number of hydrogen-bond acceptors (Lipinski definition) is 3. The molecule has 1 aliphatic rings. The molecule has 3 N–H and O–H groups in total. The maximum absolute atomic E-state index is 12.4. The van der Waals surface area contributed by atoms with Crippen LogP contribution in [0.1, 0.15) is 43.4 Å². The first-order valence-corrected chi connectivity index (χ1v) is 10.9. The van der Waals surface area contributed by atoms with E-state index in [1.807, 2.05) is 19.1 Å². The van der Waals surface area contributed by atoms with Crippen LogP contribution in [0.5, 0.6) is 0 Å². The molecule has 3 rings (SSSR count). The van der Waals surface area contributed by atoms with Gasteiger partial charge < -0.3 is 10.6 Å². The van der Waals surface area contributed by atoms with Gasteiger partial charge in [0.05, 0.1) is 17.5 Å². The molecule has 0 bridgehead atoms. The van der Waals surface area contributed by atoms with Gasteiger partial charge >= 0.3 is 6.03 Å². The van der Waals surface area contributed by atoms with E-state index in [0.717, 1.165) is 19.3 Å². The van der Waals surface area contributed by atoms with Gasteiger partial charge in [0, 0.05) is 5.69 Å². The van der Waals surface area contributed by atoms with E-state index < -0.39 is 10.0 Å². The number of urea groups is 1. The Labute approximate surface area is 160 Å². The maximum atomic E-state index is 12.4. The molecule has 6 nitrogen and oxygen atoms in total. The SMILES string of the molecule is CCCS(=O)(=O)Nc1cccc(NC(=O)NC2CCCc3ccccc32)c1. The molecule has 0 heterocycles. The number of aryl methyl sites for hydroxylation is 1. The Morgan fingerprint density at radius 1 is 1.11 bits per heavy atom. The average molecular weight is 388 g/mol. The van der Waals surface area contributed by atoms with Crippen LogP contribution in [0, 0.1) is 0 Å². The third-order valence-electron chi connectivity index (χ3n) is 4.54. The molecular formula is C20H25N3O3S. The number of fused-ring (bicyclic) bond motifs is 1. The summed E-state index contributed by atoms with van der Waals surface area (Å²) in [4.78, 5) is 12.4. The molecule has 27 heavy (non-hydrogen) atoms. The first kappa shape index (κ1) is 19.2. The van der Waals surface area contributed by atoms with E-state index in [1.165, 1.54) is 11.1 Å². The molecule has 7 heteroatoms. The molecule has 0 spiro atoms. The number of benzene rings is 2. The third kappa shape index (κ3) is 5.23. The van der Waals surface area contributed by atoms with Gasteiger partial charge in [0.2, 0.25) is 10.0 Å². The van der Waals surface area contributed by atoms with Crippen LogP contribution in [0.3, 0.4) is 0 Å². The molecule has 0 aliphatic heterocycles. The van der Waals surface area contributed by atoms with Gasteiger partial charge in [-0.1, -0.05) is 37.3 Å². The lowest BCUT2D eigenvalue weighted by atomic mass is 9.88. The molecular weight excluding hydrogens is 362 g/mol. The van der Waals surface area contributed by atoms with Crippen LogP contribution in [0.25, 0.3) is 0 Å². The molecule has 1 atom stereocenters. The van der Waals surface area contributed by atoms with Crippen molar-refractivity contribution in [1.29, 1.82) is 0 Å². The van der Waals surface area contributed by atoms with Crippen LogP contribution >= 0.6 is 0 Å². The molecule has 0 aromatic heterocycles. The van der Waals surface area contributed by atoms with Crippen LogP contribution in [0.15, 0.2) is 48.5 Å². The van der Waals surface area contributed by atoms with Crippen LogP contribution in [0.2, 0.25) is 0 Å². The number of sulfonamides is 1. The van der Waals surface area contributed by atoms with E-state index in [4.69, 9.17) is 0 Å². The van der Waals surface area contributed by atoms with Gasteiger partial charge in [0.25, 0.3) is 0 Å². The summed E-state index contributed by atoms with van der Waals surface area (Å²) in [6, 6.07) is 14.6. The van der Waals surface area contributed by atoms with Gasteiger partial charge in [-0.2, -0.15) is 0 Å². The summed E-state index contributed by atoms with van der Waals surface area (Å²) in [6.45, 7) is 1.81. The number of rotatable bonds is 6. The fourth-order valence-electron chi connectivity index (χ4n) is 3.39. The average Bonchev–Trinajstić information content (AvgIpc) is 2.62. The zero-order valence-corrected chi connectivity index (χ0v) is 16.2. The zero-order valence-electron chi connectivity index (χ0n) is 15.4. The number of nitrogens with one attached hydrogen (secondary N) is 3. The summed E-state index contributed by atoms with van der Waals surface area (Å²) in [6.07, 6.45) is 3.52. The summed E-state index contributed by atoms with van der Waals surface area (Å²) in [5, 5.41) is 5.82. The molecule has 2 amide bonds. The van der Waals surface area contributed by atoms with Crippen molar-refractivity contribution in [3.63, 3.8) is 0 Å². The monoisotopic (exact) mass is 387 g/mol. The lowest BCUT2D eigenvalue weighted by Gasteiger charge is -2.26. The van der Waals surface area contributed by atoms with Crippen LogP contribution < -0.4 is 15.4 Å². The second kappa shape index (κ2) is 8.43. The second-order valence-electron chi connectivity index (χ2n) is 6.74. The first-order valence-electron chi connectivity index (χ1n) is 9.23. The topological polar surface area (TPSA) is 87.3 Å². The predicted octanol–water partition coefficient (Wildman–Crippen LogP) is 4.04. The van der Waals surface area contributed by atoms with Gasteiger partial charge in [0.1, 0.15) is 0 Å². The van der Waals surface area contributed by atoms with Crippen LogP contribution in [-0.4, -0.2) is 20.2 Å². The Morgan fingerprint density at radius 2 is 1.89 bits per heavy atom. The summed E-state index contributed by atoms with van der Waals surface area (Å²) in [5.41, 5.74) is 3.42. The largest absolute Gasteiger partial charge is 0.331 e. The highest BCUT2D eigenvalue weighted by molar-refractivity contribution is 7.92. The van der Waals surface area contributed by atoms with E-state index in [-0.39, 0.29) is 17.8 Å². The number of amides is 2. The zero-order chi connectivity index (χ0) is 19.3. The van der Waals surface area contributed by atoms with Crippen molar-refractivity contribution in [2.24, 2.45) is 0 Å². The Morgan fingerprint density at radius 3 is 2.70 bits per heavy atom. The highest BCUT2D eigenvalue weighted by Crippen LogP contribution is 2.29. The standard InChI is InChI=1S/C20H25N3O3S/c1-2-13-27(25,26)23-17-10-6-9-16(14-17)21-20(24)22-19-12-5-8-15-7-3-4-11-18(15)19/h3-4,6-7,9-11,14,19,23H,2,5,8,12-13H2,1H3,(H2,21,22,24). The Hall–Kier alpha value is -2.54. The van der Waals surface area contributed by atoms with E-state index in [0.29, 0.717) is 17.8 Å². The van der Waals surface area contributed by atoms with Crippen molar-refractivity contribution in [3.05, 3.63) is 59.7 Å². The van der Waals surface area contributed by atoms with Gasteiger partial charge in [-0.3, -0.25) is 4.72 Å². The van der Waals surface area contributed by atoms with Crippen molar-refractivity contribution in [2.45, 2.75) is 38.6 Å². The molecule has 0 saturated carbocycles. The smallest absolute Gasteiger partial charge is 0.319 e. The Balaban J connectivity index is 1.64. The Bertz CT molecular complexity index is 912. The normalized spacial score (nSPS) is 16.3. The highest BCUT2D eigenvalue weighted by Gasteiger charge is 2.21. The van der Waals surface area contributed by atoms with Crippen molar-refractivity contribution in [3.8, 4) is 0 Å². The van der Waals surface area contributed by atoms with E-state index in [2.05, 4.69) is 27.5 Å². The minimum Gasteiger partial charge on any atom is -0.331 e. The number of carbonyl (C=O) groups excluding carboxylic acids is 1. The van der Waals surface area contributed by atoms with E-state index in [1.54, 1.807) is 24.3 Å². The maximum Gasteiger partial charge on any atom is 0.319 e. The summed E-state index contributed by atoms with van der Waals surface area (Å²) in [5.74, 6) is 0.0617. The van der Waals surface area contributed by atoms with Gasteiger partial charge in [-0.15, -0.1) is 0 Å².